The van der Waals surface area contributed by atoms with Crippen molar-refractivity contribution >= 4 is 17.7 Å². The van der Waals surface area contributed by atoms with Crippen molar-refractivity contribution in [2.24, 2.45) is 0 Å². The van der Waals surface area contributed by atoms with E-state index in [0.717, 1.165) is 41.3 Å². The summed E-state index contributed by atoms with van der Waals surface area (Å²) in [5, 5.41) is 9.35. The molecule has 0 bridgehead atoms. The third kappa shape index (κ3) is 4.07. The highest BCUT2D eigenvalue weighted by Gasteiger charge is 2.32. The van der Waals surface area contributed by atoms with Crippen LogP contribution in [0.15, 0.2) is 47.4 Å². The minimum atomic E-state index is 0.00738. The first-order chi connectivity index (χ1) is 12.6. The lowest BCUT2D eigenvalue weighted by Crippen LogP contribution is -2.32. The predicted molar refractivity (Wildman–Crippen MR) is 102 cm³/mol. The number of rotatable bonds is 6. The van der Waals surface area contributed by atoms with Crippen molar-refractivity contribution in [3.05, 3.63) is 48.0 Å². The molecular formula is C20H23NO4S. The molecule has 2 aromatic rings. The van der Waals surface area contributed by atoms with Crippen LogP contribution in [0.3, 0.4) is 0 Å². The largest absolute Gasteiger partial charge is 0.508 e. The van der Waals surface area contributed by atoms with Gasteiger partial charge in [-0.2, -0.15) is 0 Å². The van der Waals surface area contributed by atoms with Crippen LogP contribution in [0.2, 0.25) is 0 Å². The van der Waals surface area contributed by atoms with E-state index in [2.05, 4.69) is 0 Å². The second-order valence-electron chi connectivity index (χ2n) is 6.14. The fourth-order valence-corrected chi connectivity index (χ4v) is 4.04. The van der Waals surface area contributed by atoms with Gasteiger partial charge in [0.15, 0.2) is 0 Å². The Hall–Kier alpha value is -2.34. The number of hydrogen-bond acceptors (Lipinski definition) is 5. The standard InChI is InChI=1S/C20H23NO4S/c1-24-15-7-10-19(25-2)17(12-15)18-4-3-11-21(18)20(23)13-26-16-8-5-14(22)6-9-16/h5-10,12,18,22H,3-4,11,13H2,1-2H3. The predicted octanol–water partition coefficient (Wildman–Crippen LogP) is 3.87. The van der Waals surface area contributed by atoms with Gasteiger partial charge in [0.2, 0.25) is 5.91 Å². The molecule has 0 spiro atoms. The zero-order valence-electron chi connectivity index (χ0n) is 15.0. The smallest absolute Gasteiger partial charge is 0.233 e. The van der Waals surface area contributed by atoms with E-state index in [4.69, 9.17) is 9.47 Å². The first-order valence-corrected chi connectivity index (χ1v) is 9.54. The van der Waals surface area contributed by atoms with Crippen molar-refractivity contribution in [1.29, 1.82) is 0 Å². The molecule has 1 unspecified atom stereocenters. The van der Waals surface area contributed by atoms with Crippen LogP contribution in [0.5, 0.6) is 17.2 Å². The summed E-state index contributed by atoms with van der Waals surface area (Å²) in [5.74, 6) is 2.24. The molecule has 0 aromatic heterocycles. The third-order valence-corrected chi connectivity index (χ3v) is 5.56. The number of hydrogen-bond donors (Lipinski definition) is 1. The summed E-state index contributed by atoms with van der Waals surface area (Å²) in [6.07, 6.45) is 1.89. The number of carbonyl (C=O) groups excluding carboxylic acids is 1. The van der Waals surface area contributed by atoms with Gasteiger partial charge < -0.3 is 19.5 Å². The Balaban J connectivity index is 1.73. The first kappa shape index (κ1) is 18.5. The molecular weight excluding hydrogens is 350 g/mol. The van der Waals surface area contributed by atoms with Gasteiger partial charge in [0.25, 0.3) is 0 Å². The molecule has 0 saturated carbocycles. The number of amides is 1. The summed E-state index contributed by atoms with van der Waals surface area (Å²) in [6, 6.07) is 12.6. The van der Waals surface area contributed by atoms with E-state index in [9.17, 15) is 9.90 Å². The van der Waals surface area contributed by atoms with E-state index in [0.29, 0.717) is 5.75 Å². The summed E-state index contributed by atoms with van der Waals surface area (Å²) >= 11 is 1.48. The lowest BCUT2D eigenvalue weighted by Gasteiger charge is -2.26. The monoisotopic (exact) mass is 373 g/mol. The highest BCUT2D eigenvalue weighted by molar-refractivity contribution is 8.00. The molecule has 138 valence electrons. The Bertz CT molecular complexity index is 763. The second kappa shape index (κ2) is 8.36. The van der Waals surface area contributed by atoms with Crippen LogP contribution in [0.25, 0.3) is 0 Å². The molecule has 1 amide bonds. The molecule has 1 saturated heterocycles. The zero-order chi connectivity index (χ0) is 18.5. The SMILES string of the molecule is COc1ccc(OC)c(C2CCCN2C(=O)CSc2ccc(O)cc2)c1. The van der Waals surface area contributed by atoms with Crippen molar-refractivity contribution < 1.29 is 19.4 Å². The van der Waals surface area contributed by atoms with Crippen LogP contribution in [-0.2, 0) is 4.79 Å². The Morgan fingerprint density at radius 2 is 1.96 bits per heavy atom. The fraction of sp³-hybridized carbons (Fsp3) is 0.350. The summed E-state index contributed by atoms with van der Waals surface area (Å²) in [5.41, 5.74) is 0.993. The maximum atomic E-state index is 12.8. The average molecular weight is 373 g/mol. The van der Waals surface area contributed by atoms with Crippen molar-refractivity contribution in [1.82, 2.24) is 4.90 Å². The van der Waals surface area contributed by atoms with Gasteiger partial charge in [0, 0.05) is 17.0 Å². The van der Waals surface area contributed by atoms with E-state index in [1.54, 1.807) is 26.4 Å². The number of likely N-dealkylation sites (tertiary alicyclic amines) is 1. The van der Waals surface area contributed by atoms with Gasteiger partial charge in [-0.05, 0) is 55.3 Å². The molecule has 6 heteroatoms. The van der Waals surface area contributed by atoms with E-state index >= 15 is 0 Å². The number of phenolic OH excluding ortho intramolecular Hbond substituents is 1. The van der Waals surface area contributed by atoms with Crippen molar-refractivity contribution in [3.63, 3.8) is 0 Å². The van der Waals surface area contributed by atoms with E-state index in [1.807, 2.05) is 35.2 Å². The van der Waals surface area contributed by atoms with Crippen LogP contribution in [0, 0.1) is 0 Å². The molecule has 2 aromatic carbocycles. The molecule has 26 heavy (non-hydrogen) atoms. The van der Waals surface area contributed by atoms with Crippen LogP contribution >= 0.6 is 11.8 Å². The number of benzene rings is 2. The quantitative estimate of drug-likeness (QED) is 0.779. The Morgan fingerprint density at radius 1 is 1.19 bits per heavy atom. The summed E-state index contributed by atoms with van der Waals surface area (Å²) < 4.78 is 10.8. The lowest BCUT2D eigenvalue weighted by atomic mass is 10.0. The van der Waals surface area contributed by atoms with Crippen molar-refractivity contribution in [3.8, 4) is 17.2 Å². The molecule has 1 aliphatic rings. The van der Waals surface area contributed by atoms with Gasteiger partial charge in [-0.1, -0.05) is 0 Å². The Morgan fingerprint density at radius 3 is 2.65 bits per heavy atom. The minimum absolute atomic E-state index is 0.00738. The van der Waals surface area contributed by atoms with Crippen LogP contribution < -0.4 is 9.47 Å². The minimum Gasteiger partial charge on any atom is -0.508 e. The van der Waals surface area contributed by atoms with Gasteiger partial charge in [-0.15, -0.1) is 11.8 Å². The topological polar surface area (TPSA) is 59.0 Å². The van der Waals surface area contributed by atoms with Crippen molar-refractivity contribution in [2.45, 2.75) is 23.8 Å². The number of thioether (sulfide) groups is 1. The molecule has 1 aliphatic heterocycles. The first-order valence-electron chi connectivity index (χ1n) is 8.55. The number of aromatic hydroxyl groups is 1. The maximum Gasteiger partial charge on any atom is 0.233 e. The van der Waals surface area contributed by atoms with Gasteiger partial charge >= 0.3 is 0 Å². The normalized spacial score (nSPS) is 16.5. The zero-order valence-corrected chi connectivity index (χ0v) is 15.8. The third-order valence-electron chi connectivity index (χ3n) is 4.57. The molecule has 1 heterocycles. The number of phenols is 1. The summed E-state index contributed by atoms with van der Waals surface area (Å²) in [4.78, 5) is 15.7. The van der Waals surface area contributed by atoms with Gasteiger partial charge in [0.05, 0.1) is 26.0 Å². The van der Waals surface area contributed by atoms with Crippen molar-refractivity contribution in [2.75, 3.05) is 26.5 Å². The maximum absolute atomic E-state index is 12.8. The molecule has 0 radical (unpaired) electrons. The van der Waals surface area contributed by atoms with Crippen LogP contribution in [-0.4, -0.2) is 42.4 Å². The van der Waals surface area contributed by atoms with Gasteiger partial charge in [0.1, 0.15) is 17.2 Å². The second-order valence-corrected chi connectivity index (χ2v) is 7.18. The number of nitrogens with zero attached hydrogens (tertiary/aromatic N) is 1. The lowest BCUT2D eigenvalue weighted by molar-refractivity contribution is -0.129. The fourth-order valence-electron chi connectivity index (χ4n) is 3.26. The van der Waals surface area contributed by atoms with E-state index in [-0.39, 0.29) is 17.7 Å². The average Bonchev–Trinajstić information content (AvgIpc) is 3.16. The number of carbonyl (C=O) groups is 1. The van der Waals surface area contributed by atoms with E-state index in [1.165, 1.54) is 11.8 Å². The van der Waals surface area contributed by atoms with Gasteiger partial charge in [-0.25, -0.2) is 0 Å². The molecule has 1 N–H and O–H groups in total. The van der Waals surface area contributed by atoms with Gasteiger partial charge in [-0.3, -0.25) is 4.79 Å². The highest BCUT2D eigenvalue weighted by atomic mass is 32.2. The Kier molecular flexibility index (Phi) is 5.93. The molecule has 3 rings (SSSR count). The number of ether oxygens (including phenoxy) is 2. The highest BCUT2D eigenvalue weighted by Crippen LogP contribution is 2.39. The molecule has 5 nitrogen and oxygen atoms in total. The summed E-state index contributed by atoms with van der Waals surface area (Å²) in [6.45, 7) is 0.750. The van der Waals surface area contributed by atoms with Crippen LogP contribution in [0.1, 0.15) is 24.4 Å². The van der Waals surface area contributed by atoms with E-state index < -0.39 is 0 Å². The summed E-state index contributed by atoms with van der Waals surface area (Å²) in [7, 11) is 3.28. The molecule has 1 atom stereocenters. The molecule has 0 aliphatic carbocycles. The van der Waals surface area contributed by atoms with Crippen LogP contribution in [0.4, 0.5) is 0 Å². The Labute approximate surface area is 157 Å². The molecule has 1 fully saturated rings. The number of methoxy groups -OCH3 is 2.